The Morgan fingerprint density at radius 3 is 2.65 bits per heavy atom. The molecule has 0 bridgehead atoms. The summed E-state index contributed by atoms with van der Waals surface area (Å²) in [5, 5.41) is 9.45. The molecule has 2 rings (SSSR count). The van der Waals surface area contributed by atoms with Crippen LogP contribution in [-0.2, 0) is 12.0 Å². The van der Waals surface area contributed by atoms with Gasteiger partial charge in [0.15, 0.2) is 0 Å². The molecule has 23 heavy (non-hydrogen) atoms. The summed E-state index contributed by atoms with van der Waals surface area (Å²) in [7, 11) is 0. The van der Waals surface area contributed by atoms with Crippen molar-refractivity contribution in [3.05, 3.63) is 47.3 Å². The molecule has 124 valence electrons. The number of carbonyl (C=O) groups is 1. The zero-order valence-corrected chi connectivity index (χ0v) is 13.2. The third-order valence-electron chi connectivity index (χ3n) is 3.25. The van der Waals surface area contributed by atoms with Crippen molar-refractivity contribution in [1.29, 1.82) is 0 Å². The maximum atomic E-state index is 12.4. The third kappa shape index (κ3) is 4.51. The number of nitrogens with one attached hydrogen (secondary N) is 2. The number of alkyl halides is 2. The van der Waals surface area contributed by atoms with Crippen LogP contribution in [0.25, 0.3) is 0 Å². The van der Waals surface area contributed by atoms with Gasteiger partial charge in [-0.25, -0.2) is 0 Å². The second kappa shape index (κ2) is 6.76. The van der Waals surface area contributed by atoms with Gasteiger partial charge in [0, 0.05) is 23.2 Å². The van der Waals surface area contributed by atoms with Gasteiger partial charge in [0.2, 0.25) is 0 Å². The van der Waals surface area contributed by atoms with Crippen molar-refractivity contribution in [2.24, 2.45) is 0 Å². The Hall–Kier alpha value is -2.44. The lowest BCUT2D eigenvalue weighted by atomic mass is 9.92. The van der Waals surface area contributed by atoms with Crippen molar-refractivity contribution in [3.8, 4) is 5.75 Å². The van der Waals surface area contributed by atoms with Gasteiger partial charge in [-0.2, -0.15) is 13.9 Å². The third-order valence-corrected chi connectivity index (χ3v) is 3.25. The van der Waals surface area contributed by atoms with Gasteiger partial charge in [0.1, 0.15) is 11.4 Å². The maximum absolute atomic E-state index is 12.4. The molecule has 1 aromatic heterocycles. The van der Waals surface area contributed by atoms with E-state index < -0.39 is 6.61 Å². The van der Waals surface area contributed by atoms with E-state index in [0.717, 1.165) is 5.69 Å². The smallest absolute Gasteiger partial charge is 0.387 e. The van der Waals surface area contributed by atoms with Gasteiger partial charge >= 0.3 is 6.61 Å². The maximum Gasteiger partial charge on any atom is 0.387 e. The number of aromatic nitrogens is 2. The Labute approximate surface area is 133 Å². The van der Waals surface area contributed by atoms with E-state index in [9.17, 15) is 13.6 Å². The van der Waals surface area contributed by atoms with E-state index in [4.69, 9.17) is 0 Å². The lowest BCUT2D eigenvalue weighted by molar-refractivity contribution is -0.0504. The molecule has 0 saturated carbocycles. The van der Waals surface area contributed by atoms with Gasteiger partial charge in [-0.15, -0.1) is 0 Å². The molecule has 1 heterocycles. The van der Waals surface area contributed by atoms with Crippen molar-refractivity contribution < 1.29 is 18.3 Å². The molecule has 1 amide bonds. The summed E-state index contributed by atoms with van der Waals surface area (Å²) in [6.45, 7) is 3.16. The number of amides is 1. The molecule has 0 saturated heterocycles. The first-order chi connectivity index (χ1) is 10.8. The van der Waals surface area contributed by atoms with E-state index in [1.165, 1.54) is 6.07 Å². The average Bonchev–Trinajstić information content (AvgIpc) is 2.95. The summed E-state index contributed by atoms with van der Waals surface area (Å²) in [6, 6.07) is 8.00. The predicted octanol–water partition coefficient (Wildman–Crippen LogP) is 3.24. The summed E-state index contributed by atoms with van der Waals surface area (Å²) in [5.74, 6) is -0.344. The van der Waals surface area contributed by atoms with Gasteiger partial charge in [-0.1, -0.05) is 39.0 Å². The minimum Gasteiger partial charge on any atom is -0.434 e. The number of rotatable bonds is 5. The first-order valence-electron chi connectivity index (χ1n) is 7.14. The fourth-order valence-electron chi connectivity index (χ4n) is 1.95. The van der Waals surface area contributed by atoms with E-state index in [1.54, 1.807) is 24.3 Å². The van der Waals surface area contributed by atoms with Crippen LogP contribution in [0.5, 0.6) is 5.75 Å². The van der Waals surface area contributed by atoms with Crippen LogP contribution in [0.4, 0.5) is 8.78 Å². The number of para-hydroxylation sites is 1. The van der Waals surface area contributed by atoms with Gasteiger partial charge < -0.3 is 10.1 Å². The lowest BCUT2D eigenvalue weighted by Gasteiger charge is -2.14. The van der Waals surface area contributed by atoms with Crippen molar-refractivity contribution in [2.45, 2.75) is 39.3 Å². The largest absolute Gasteiger partial charge is 0.434 e. The normalized spacial score (nSPS) is 11.6. The topological polar surface area (TPSA) is 67.0 Å². The van der Waals surface area contributed by atoms with Crippen molar-refractivity contribution in [2.75, 3.05) is 0 Å². The van der Waals surface area contributed by atoms with Crippen LogP contribution in [0.2, 0.25) is 0 Å². The zero-order chi connectivity index (χ0) is 17.0. The number of aromatic amines is 1. The number of ether oxygens (including phenoxy) is 1. The first-order valence-corrected chi connectivity index (χ1v) is 7.14. The Morgan fingerprint density at radius 1 is 1.35 bits per heavy atom. The molecule has 0 fully saturated rings. The summed E-state index contributed by atoms with van der Waals surface area (Å²) in [4.78, 5) is 12.1. The fourth-order valence-corrected chi connectivity index (χ4v) is 1.95. The number of H-pyrrole nitrogens is 1. The lowest BCUT2D eigenvalue weighted by Crippen LogP contribution is -2.23. The molecular formula is C16H19F2N3O2. The van der Waals surface area contributed by atoms with E-state index in [2.05, 4.69) is 20.3 Å². The summed E-state index contributed by atoms with van der Waals surface area (Å²) in [6.07, 6.45) is 0. The van der Waals surface area contributed by atoms with Crippen LogP contribution in [0.15, 0.2) is 30.3 Å². The monoisotopic (exact) mass is 323 g/mol. The first kappa shape index (κ1) is 16.9. The van der Waals surface area contributed by atoms with Gasteiger partial charge in [0.05, 0.1) is 0 Å². The van der Waals surface area contributed by atoms with Crippen LogP contribution >= 0.6 is 0 Å². The summed E-state index contributed by atoms with van der Waals surface area (Å²) >= 11 is 0. The molecule has 2 aromatic rings. The highest BCUT2D eigenvalue weighted by Crippen LogP contribution is 2.21. The number of hydrogen-bond donors (Lipinski definition) is 2. The van der Waals surface area contributed by atoms with Crippen LogP contribution in [0, 0.1) is 0 Å². The van der Waals surface area contributed by atoms with Crippen molar-refractivity contribution in [3.63, 3.8) is 0 Å². The second-order valence-corrected chi connectivity index (χ2v) is 6.09. The van der Waals surface area contributed by atoms with Crippen LogP contribution < -0.4 is 10.1 Å². The molecule has 0 atom stereocenters. The quantitative estimate of drug-likeness (QED) is 0.887. The van der Waals surface area contributed by atoms with Crippen LogP contribution in [0.3, 0.4) is 0 Å². The van der Waals surface area contributed by atoms with E-state index in [-0.39, 0.29) is 29.3 Å². The molecule has 2 N–H and O–H groups in total. The molecule has 1 aromatic carbocycles. The Morgan fingerprint density at radius 2 is 2.04 bits per heavy atom. The number of benzene rings is 1. The molecule has 0 spiro atoms. The van der Waals surface area contributed by atoms with E-state index in [1.807, 2.05) is 20.8 Å². The number of hydrogen-bond acceptors (Lipinski definition) is 3. The number of halogens is 2. The Kier molecular flexibility index (Phi) is 4.98. The van der Waals surface area contributed by atoms with Crippen LogP contribution in [-0.4, -0.2) is 22.7 Å². The highest BCUT2D eigenvalue weighted by Gasteiger charge is 2.19. The Bertz CT molecular complexity index is 678. The Balaban J connectivity index is 2.04. The molecule has 0 unspecified atom stereocenters. The minimum absolute atomic E-state index is 0.0419. The van der Waals surface area contributed by atoms with Crippen molar-refractivity contribution >= 4 is 5.91 Å². The molecule has 7 heteroatoms. The molecule has 0 aliphatic heterocycles. The van der Waals surface area contributed by atoms with E-state index >= 15 is 0 Å². The van der Waals surface area contributed by atoms with Gasteiger partial charge in [0.25, 0.3) is 5.91 Å². The second-order valence-electron chi connectivity index (χ2n) is 6.09. The SMILES string of the molecule is CC(C)(C)c1cc(C(=O)NCc2ccccc2OC(F)F)n[nH]1. The van der Waals surface area contributed by atoms with Gasteiger partial charge in [-0.05, 0) is 12.1 Å². The molecule has 0 aliphatic rings. The van der Waals surface area contributed by atoms with Crippen molar-refractivity contribution in [1.82, 2.24) is 15.5 Å². The number of nitrogens with zero attached hydrogens (tertiary/aromatic N) is 1. The van der Waals surface area contributed by atoms with E-state index in [0.29, 0.717) is 5.56 Å². The highest BCUT2D eigenvalue weighted by molar-refractivity contribution is 5.92. The highest BCUT2D eigenvalue weighted by atomic mass is 19.3. The summed E-state index contributed by atoms with van der Waals surface area (Å²) in [5.41, 5.74) is 1.41. The number of carbonyl (C=O) groups excluding carboxylic acids is 1. The molecule has 0 radical (unpaired) electrons. The molecule has 5 nitrogen and oxygen atoms in total. The fraction of sp³-hybridized carbons (Fsp3) is 0.375. The standard InChI is InChI=1S/C16H19F2N3O2/c1-16(2,3)13-8-11(20-21-13)14(22)19-9-10-6-4-5-7-12(10)23-15(17)18/h4-8,15H,9H2,1-3H3,(H,19,22)(H,20,21). The predicted molar refractivity (Wildman–Crippen MR) is 81.5 cm³/mol. The minimum atomic E-state index is -2.91. The molecular weight excluding hydrogens is 304 g/mol. The summed E-state index contributed by atoms with van der Waals surface area (Å²) < 4.78 is 29.1. The van der Waals surface area contributed by atoms with Gasteiger partial charge in [-0.3, -0.25) is 9.89 Å². The molecule has 0 aliphatic carbocycles. The average molecular weight is 323 g/mol. The zero-order valence-electron chi connectivity index (χ0n) is 13.2. The van der Waals surface area contributed by atoms with Crippen LogP contribution in [0.1, 0.15) is 42.5 Å².